The highest BCUT2D eigenvalue weighted by Crippen LogP contribution is 2.26. The Labute approximate surface area is 169 Å². The lowest BCUT2D eigenvalue weighted by atomic mass is 9.90. The first-order valence-electron chi connectivity index (χ1n) is 8.62. The molecule has 0 fully saturated rings. The second kappa shape index (κ2) is 9.03. The average molecular weight is 439 g/mol. The van der Waals surface area contributed by atoms with Gasteiger partial charge in [0, 0.05) is 15.5 Å². The quantitative estimate of drug-likeness (QED) is 0.589. The summed E-state index contributed by atoms with van der Waals surface area (Å²) in [6.45, 7) is 5.63. The first-order valence-corrected chi connectivity index (χ1v) is 9.79. The van der Waals surface area contributed by atoms with Gasteiger partial charge in [-0.2, -0.15) is 0 Å². The van der Waals surface area contributed by atoms with Crippen LogP contribution in [0.25, 0.3) is 0 Å². The molecule has 0 radical (unpaired) electrons. The van der Waals surface area contributed by atoms with Crippen molar-refractivity contribution < 1.29 is 9.53 Å². The van der Waals surface area contributed by atoms with E-state index in [-0.39, 0.29) is 17.9 Å². The smallest absolute Gasteiger partial charge is 0.309 e. The van der Waals surface area contributed by atoms with Gasteiger partial charge in [0.1, 0.15) is 5.60 Å². The Hall–Kier alpha value is -1.36. The lowest BCUT2D eigenvalue weighted by molar-refractivity contribution is -0.160. The SMILES string of the molecule is CC(C)(C)OC(=O)C(Cc1cccc(Br)c1)CC(N)c1ccc(Cl)cc1. The van der Waals surface area contributed by atoms with Crippen molar-refractivity contribution in [3.63, 3.8) is 0 Å². The Morgan fingerprint density at radius 2 is 1.85 bits per heavy atom. The van der Waals surface area contributed by atoms with Gasteiger partial charge in [0.15, 0.2) is 0 Å². The summed E-state index contributed by atoms with van der Waals surface area (Å²) >= 11 is 9.43. The van der Waals surface area contributed by atoms with Crippen molar-refractivity contribution in [3.8, 4) is 0 Å². The van der Waals surface area contributed by atoms with Crippen molar-refractivity contribution in [1.82, 2.24) is 0 Å². The molecule has 0 spiro atoms. The second-order valence-corrected chi connectivity index (χ2v) is 8.81. The largest absolute Gasteiger partial charge is 0.460 e. The van der Waals surface area contributed by atoms with Gasteiger partial charge >= 0.3 is 5.97 Å². The number of esters is 1. The van der Waals surface area contributed by atoms with Gasteiger partial charge in [-0.3, -0.25) is 4.79 Å². The Morgan fingerprint density at radius 1 is 1.19 bits per heavy atom. The lowest BCUT2D eigenvalue weighted by Gasteiger charge is -2.26. The molecule has 0 aliphatic heterocycles. The first-order chi connectivity index (χ1) is 12.1. The van der Waals surface area contributed by atoms with E-state index in [9.17, 15) is 4.79 Å². The number of hydrogen-bond acceptors (Lipinski definition) is 3. The van der Waals surface area contributed by atoms with Crippen molar-refractivity contribution >= 4 is 33.5 Å². The van der Waals surface area contributed by atoms with E-state index in [1.165, 1.54) is 0 Å². The van der Waals surface area contributed by atoms with E-state index in [1.807, 2.05) is 69.3 Å². The van der Waals surface area contributed by atoms with Crippen LogP contribution in [0.3, 0.4) is 0 Å². The minimum atomic E-state index is -0.531. The molecular weight excluding hydrogens is 414 g/mol. The van der Waals surface area contributed by atoms with E-state index in [2.05, 4.69) is 15.9 Å². The zero-order chi connectivity index (χ0) is 19.3. The van der Waals surface area contributed by atoms with Crippen molar-refractivity contribution in [2.24, 2.45) is 11.7 Å². The molecule has 140 valence electrons. The van der Waals surface area contributed by atoms with Gasteiger partial charge in [-0.1, -0.05) is 51.8 Å². The predicted octanol–water partition coefficient (Wildman–Crippen LogP) is 5.69. The Morgan fingerprint density at radius 3 is 2.42 bits per heavy atom. The van der Waals surface area contributed by atoms with E-state index in [0.717, 1.165) is 15.6 Å². The minimum absolute atomic E-state index is 0.220. The van der Waals surface area contributed by atoms with Crippen LogP contribution >= 0.6 is 27.5 Å². The normalized spacial score (nSPS) is 13.9. The molecule has 2 unspecified atom stereocenters. The lowest BCUT2D eigenvalue weighted by Crippen LogP contribution is -2.31. The van der Waals surface area contributed by atoms with Crippen LogP contribution in [0.4, 0.5) is 0 Å². The number of rotatable bonds is 6. The van der Waals surface area contributed by atoms with Gasteiger partial charge in [0.05, 0.1) is 5.92 Å². The van der Waals surface area contributed by atoms with Crippen molar-refractivity contribution in [3.05, 3.63) is 69.2 Å². The van der Waals surface area contributed by atoms with Crippen LogP contribution in [-0.4, -0.2) is 11.6 Å². The molecule has 2 rings (SSSR count). The summed E-state index contributed by atoms with van der Waals surface area (Å²) < 4.78 is 6.62. The van der Waals surface area contributed by atoms with Crippen LogP contribution < -0.4 is 5.73 Å². The van der Waals surface area contributed by atoms with Crippen LogP contribution in [0.15, 0.2) is 53.0 Å². The fraction of sp³-hybridized carbons (Fsp3) is 0.381. The molecule has 0 saturated carbocycles. The molecule has 2 atom stereocenters. The van der Waals surface area contributed by atoms with Crippen LogP contribution in [-0.2, 0) is 16.0 Å². The molecule has 0 aliphatic carbocycles. The van der Waals surface area contributed by atoms with E-state index in [0.29, 0.717) is 17.9 Å². The summed E-state index contributed by atoms with van der Waals surface area (Å²) in [5, 5.41) is 0.666. The van der Waals surface area contributed by atoms with Crippen LogP contribution in [0, 0.1) is 5.92 Å². The topological polar surface area (TPSA) is 52.3 Å². The third-order valence-corrected chi connectivity index (χ3v) is 4.69. The summed E-state index contributed by atoms with van der Waals surface area (Å²) in [6.07, 6.45) is 1.08. The number of hydrogen-bond donors (Lipinski definition) is 1. The van der Waals surface area contributed by atoms with Gasteiger partial charge in [-0.15, -0.1) is 0 Å². The maximum Gasteiger partial charge on any atom is 0.309 e. The zero-order valence-electron chi connectivity index (χ0n) is 15.3. The summed E-state index contributed by atoms with van der Waals surface area (Å²) in [5.41, 5.74) is 7.86. The van der Waals surface area contributed by atoms with Crippen LogP contribution in [0.5, 0.6) is 0 Å². The maximum atomic E-state index is 12.8. The standard InChI is InChI=1S/C21H25BrClNO2/c1-21(2,3)26-20(25)16(11-14-5-4-6-17(22)12-14)13-19(24)15-7-9-18(23)10-8-15/h4-10,12,16,19H,11,13,24H2,1-3H3. The number of nitrogens with two attached hydrogens (primary N) is 1. The van der Waals surface area contributed by atoms with E-state index < -0.39 is 5.60 Å². The third-order valence-electron chi connectivity index (χ3n) is 3.95. The van der Waals surface area contributed by atoms with E-state index in [4.69, 9.17) is 22.1 Å². The summed E-state index contributed by atoms with van der Waals surface area (Å²) in [4.78, 5) is 12.8. The van der Waals surface area contributed by atoms with E-state index in [1.54, 1.807) is 0 Å². The highest BCUT2D eigenvalue weighted by Gasteiger charge is 2.27. The predicted molar refractivity (Wildman–Crippen MR) is 110 cm³/mol. The number of benzene rings is 2. The molecule has 26 heavy (non-hydrogen) atoms. The fourth-order valence-corrected chi connectivity index (χ4v) is 3.32. The van der Waals surface area contributed by atoms with Gasteiger partial charge < -0.3 is 10.5 Å². The van der Waals surface area contributed by atoms with Gasteiger partial charge in [0.2, 0.25) is 0 Å². The first kappa shape index (κ1) is 20.9. The Kier molecular flexibility index (Phi) is 7.27. The van der Waals surface area contributed by atoms with Crippen molar-refractivity contribution in [1.29, 1.82) is 0 Å². The number of halogens is 2. The molecule has 2 aromatic rings. The Balaban J connectivity index is 2.18. The molecule has 2 aromatic carbocycles. The van der Waals surface area contributed by atoms with Gasteiger partial charge in [-0.05, 0) is 69.0 Å². The van der Waals surface area contributed by atoms with Crippen molar-refractivity contribution in [2.45, 2.75) is 45.3 Å². The zero-order valence-corrected chi connectivity index (χ0v) is 17.7. The van der Waals surface area contributed by atoms with Crippen molar-refractivity contribution in [2.75, 3.05) is 0 Å². The highest BCUT2D eigenvalue weighted by molar-refractivity contribution is 9.10. The second-order valence-electron chi connectivity index (χ2n) is 7.46. The summed E-state index contributed by atoms with van der Waals surface area (Å²) in [5.74, 6) is -0.545. The van der Waals surface area contributed by atoms with E-state index >= 15 is 0 Å². The Bertz CT molecular complexity index is 740. The minimum Gasteiger partial charge on any atom is -0.460 e. The maximum absolute atomic E-state index is 12.8. The molecular formula is C21H25BrClNO2. The number of carbonyl (C=O) groups excluding carboxylic acids is 1. The monoisotopic (exact) mass is 437 g/mol. The summed E-state index contributed by atoms with van der Waals surface area (Å²) in [7, 11) is 0. The van der Waals surface area contributed by atoms with Gasteiger partial charge in [-0.25, -0.2) is 0 Å². The molecule has 0 saturated heterocycles. The summed E-state index contributed by atoms with van der Waals surface area (Å²) in [6, 6.07) is 15.1. The molecule has 0 amide bonds. The molecule has 0 bridgehead atoms. The molecule has 0 aromatic heterocycles. The highest BCUT2D eigenvalue weighted by atomic mass is 79.9. The van der Waals surface area contributed by atoms with Gasteiger partial charge in [0.25, 0.3) is 0 Å². The molecule has 5 heteroatoms. The fourth-order valence-electron chi connectivity index (χ4n) is 2.75. The molecule has 2 N–H and O–H groups in total. The number of carbonyl (C=O) groups is 1. The third kappa shape index (κ3) is 6.75. The van der Waals surface area contributed by atoms with Crippen LogP contribution in [0.2, 0.25) is 5.02 Å². The molecule has 0 heterocycles. The number of ether oxygens (including phenoxy) is 1. The molecule has 0 aliphatic rings. The molecule has 3 nitrogen and oxygen atoms in total. The van der Waals surface area contributed by atoms with Crippen LogP contribution in [0.1, 0.15) is 44.4 Å². The average Bonchev–Trinajstić information content (AvgIpc) is 2.53.